The van der Waals surface area contributed by atoms with Crippen LogP contribution >= 0.6 is 22.7 Å². The van der Waals surface area contributed by atoms with Crippen LogP contribution in [-0.2, 0) is 16.0 Å². The summed E-state index contributed by atoms with van der Waals surface area (Å²) in [7, 11) is 0. The van der Waals surface area contributed by atoms with E-state index in [9.17, 15) is 5.11 Å². The van der Waals surface area contributed by atoms with Gasteiger partial charge in [-0.3, -0.25) is 0 Å². The van der Waals surface area contributed by atoms with Crippen LogP contribution < -0.4 is 10.6 Å². The van der Waals surface area contributed by atoms with E-state index in [1.165, 1.54) is 0 Å². The number of nitrogens with one attached hydrogen (secondary N) is 2. The molecule has 3 N–H and O–H groups in total. The second-order valence-electron chi connectivity index (χ2n) is 10.0. The summed E-state index contributed by atoms with van der Waals surface area (Å²) >= 11 is 3.25. The van der Waals surface area contributed by atoms with Crippen molar-refractivity contribution >= 4 is 44.7 Å². The second-order valence-corrected chi connectivity index (χ2v) is 12.1. The lowest BCUT2D eigenvalue weighted by Gasteiger charge is -2.25. The average Bonchev–Trinajstić information content (AvgIpc) is 3.60. The number of aryl methyl sites for hydroxylation is 2. The summed E-state index contributed by atoms with van der Waals surface area (Å²) in [5, 5.41) is 21.0. The molecule has 2 fully saturated rings. The zero-order chi connectivity index (χ0) is 25.7. The van der Waals surface area contributed by atoms with Gasteiger partial charge in [0.05, 0.1) is 50.9 Å². The summed E-state index contributed by atoms with van der Waals surface area (Å²) in [6, 6.07) is 8.02. The lowest BCUT2D eigenvalue weighted by Crippen LogP contribution is -2.35. The van der Waals surface area contributed by atoms with Crippen molar-refractivity contribution in [3.05, 3.63) is 46.0 Å². The van der Waals surface area contributed by atoms with Crippen molar-refractivity contribution in [2.75, 3.05) is 17.2 Å². The van der Waals surface area contributed by atoms with Crippen molar-refractivity contribution in [2.24, 2.45) is 5.92 Å². The molecule has 0 amide bonds. The average molecular weight is 539 g/mol. The maximum absolute atomic E-state index is 10.0. The number of nitrogens with zero attached hydrogens (tertiary/aromatic N) is 4. The molecule has 6 rings (SSSR count). The van der Waals surface area contributed by atoms with Crippen molar-refractivity contribution < 1.29 is 14.6 Å². The van der Waals surface area contributed by atoms with Gasteiger partial charge in [-0.05, 0) is 46.2 Å². The molecule has 0 spiro atoms. The molecule has 9 nitrogen and oxygen atoms in total. The number of benzene rings is 1. The van der Waals surface area contributed by atoms with Gasteiger partial charge < -0.3 is 25.2 Å². The predicted octanol–water partition coefficient (Wildman–Crippen LogP) is 4.75. The van der Waals surface area contributed by atoms with Crippen LogP contribution in [0.4, 0.5) is 11.8 Å². The third-order valence-corrected chi connectivity index (χ3v) is 8.71. The zero-order valence-electron chi connectivity index (χ0n) is 21.2. The van der Waals surface area contributed by atoms with Gasteiger partial charge in [0, 0.05) is 17.9 Å². The summed E-state index contributed by atoms with van der Waals surface area (Å²) in [6.45, 7) is 8.40. The van der Waals surface area contributed by atoms with Gasteiger partial charge in [0.2, 0.25) is 5.95 Å². The monoisotopic (exact) mass is 538 g/mol. The third-order valence-electron chi connectivity index (χ3n) is 6.83. The van der Waals surface area contributed by atoms with E-state index in [2.05, 4.69) is 21.7 Å². The highest BCUT2D eigenvalue weighted by Crippen LogP contribution is 2.44. The Morgan fingerprint density at radius 3 is 2.65 bits per heavy atom. The third kappa shape index (κ3) is 4.82. The van der Waals surface area contributed by atoms with E-state index >= 15 is 0 Å². The molecule has 3 aromatic heterocycles. The number of aliphatic hydroxyl groups excluding tert-OH is 1. The summed E-state index contributed by atoms with van der Waals surface area (Å²) in [4.78, 5) is 19.1. The van der Waals surface area contributed by atoms with Crippen LogP contribution in [0, 0.1) is 19.8 Å². The van der Waals surface area contributed by atoms with Crippen molar-refractivity contribution in [1.82, 2.24) is 19.9 Å². The van der Waals surface area contributed by atoms with Gasteiger partial charge >= 0.3 is 0 Å². The van der Waals surface area contributed by atoms with E-state index in [0.717, 1.165) is 37.2 Å². The van der Waals surface area contributed by atoms with Crippen molar-refractivity contribution in [2.45, 2.75) is 64.7 Å². The Hall–Kier alpha value is -2.70. The molecule has 0 bridgehead atoms. The number of anilines is 2. The first-order valence-corrected chi connectivity index (χ1v) is 14.1. The topological polar surface area (TPSA) is 114 Å². The Kier molecular flexibility index (Phi) is 6.36. The van der Waals surface area contributed by atoms with Crippen LogP contribution in [0.3, 0.4) is 0 Å². The lowest BCUT2D eigenvalue weighted by molar-refractivity contribution is -0.158. The Morgan fingerprint density at radius 2 is 1.89 bits per heavy atom. The first-order valence-electron chi connectivity index (χ1n) is 12.4. The summed E-state index contributed by atoms with van der Waals surface area (Å²) in [5.74, 6) is 0.509. The van der Waals surface area contributed by atoms with Gasteiger partial charge in [-0.15, -0.1) is 22.7 Å². The Balaban J connectivity index is 1.37. The van der Waals surface area contributed by atoms with Crippen LogP contribution in [0.15, 0.2) is 29.6 Å². The summed E-state index contributed by atoms with van der Waals surface area (Å²) in [5.41, 5.74) is 3.60. The van der Waals surface area contributed by atoms with Crippen LogP contribution in [0.1, 0.15) is 36.7 Å². The molecular formula is C26H30N6O3S2. The highest BCUT2D eigenvalue weighted by molar-refractivity contribution is 7.21. The molecule has 4 aromatic rings. The van der Waals surface area contributed by atoms with Gasteiger partial charge in [-0.25, -0.2) is 15.0 Å². The molecular weight excluding hydrogens is 508 g/mol. The fraction of sp³-hybridized carbons (Fsp3) is 0.462. The highest BCUT2D eigenvalue weighted by Gasteiger charge is 2.54. The molecule has 1 saturated carbocycles. The molecule has 2 aliphatic rings. The SMILES string of the molecule is Cc1nc(CNc2nc(C)c(-c3nc4ccccc4s3)c(NC3C[C@H](CO)[C@H]4OC(C)(C)O[C@@H]34)n2)cs1. The second kappa shape index (κ2) is 9.55. The van der Waals surface area contributed by atoms with Crippen LogP contribution in [-0.4, -0.2) is 55.7 Å². The molecule has 0 radical (unpaired) electrons. The molecule has 37 heavy (non-hydrogen) atoms. The van der Waals surface area contributed by atoms with E-state index in [-0.39, 0.29) is 30.8 Å². The number of ether oxygens (including phenoxy) is 2. The van der Waals surface area contributed by atoms with E-state index in [1.54, 1.807) is 22.7 Å². The molecule has 4 heterocycles. The minimum absolute atomic E-state index is 0.0105. The maximum atomic E-state index is 10.0. The summed E-state index contributed by atoms with van der Waals surface area (Å²) in [6.07, 6.45) is 0.349. The molecule has 1 aliphatic carbocycles. The van der Waals surface area contributed by atoms with Gasteiger partial charge in [-0.1, -0.05) is 12.1 Å². The number of aromatic nitrogens is 4. The van der Waals surface area contributed by atoms with E-state index in [0.29, 0.717) is 24.7 Å². The smallest absolute Gasteiger partial charge is 0.225 e. The molecule has 1 unspecified atom stereocenters. The highest BCUT2D eigenvalue weighted by atomic mass is 32.1. The minimum Gasteiger partial charge on any atom is -0.396 e. The molecule has 4 atom stereocenters. The van der Waals surface area contributed by atoms with Gasteiger partial charge in [0.15, 0.2) is 5.79 Å². The van der Waals surface area contributed by atoms with Crippen molar-refractivity contribution in [3.63, 3.8) is 0 Å². The summed E-state index contributed by atoms with van der Waals surface area (Å²) < 4.78 is 13.5. The van der Waals surface area contributed by atoms with E-state index in [4.69, 9.17) is 24.4 Å². The van der Waals surface area contributed by atoms with Crippen LogP contribution in [0.25, 0.3) is 20.8 Å². The molecule has 1 aromatic carbocycles. The van der Waals surface area contributed by atoms with Crippen LogP contribution in [0.5, 0.6) is 0 Å². The fourth-order valence-corrected chi connectivity index (χ4v) is 6.91. The largest absolute Gasteiger partial charge is 0.396 e. The molecule has 1 saturated heterocycles. The van der Waals surface area contributed by atoms with Crippen molar-refractivity contribution in [1.29, 1.82) is 0 Å². The molecule has 11 heteroatoms. The minimum atomic E-state index is -0.696. The number of thiazole rings is 2. The van der Waals surface area contributed by atoms with Gasteiger partial charge in [0.25, 0.3) is 0 Å². The first kappa shape index (κ1) is 24.6. The quantitative estimate of drug-likeness (QED) is 0.307. The maximum Gasteiger partial charge on any atom is 0.225 e. The number of para-hydroxylation sites is 1. The number of fused-ring (bicyclic) bond motifs is 2. The fourth-order valence-electron chi connectivity index (χ4n) is 5.23. The van der Waals surface area contributed by atoms with Gasteiger partial charge in [0.1, 0.15) is 16.9 Å². The van der Waals surface area contributed by atoms with Gasteiger partial charge in [-0.2, -0.15) is 4.98 Å². The number of aliphatic hydroxyl groups is 1. The van der Waals surface area contributed by atoms with Crippen molar-refractivity contribution in [3.8, 4) is 10.6 Å². The predicted molar refractivity (Wildman–Crippen MR) is 146 cm³/mol. The Bertz CT molecular complexity index is 1400. The standard InChI is InChI=1S/C26H30N6O3S2/c1-13-20(24-31-17-7-5-6-8-19(17)37-24)23(32-25(28-13)27-10-16-12-36-14(2)29-16)30-18-9-15(11-33)21-22(18)35-26(3,4)34-21/h5-8,12,15,18,21-22,33H,9-11H2,1-4H3,(H2,27,28,30,32)/t15-,18?,21-,22+/m1/s1. The van der Waals surface area contributed by atoms with E-state index in [1.807, 2.05) is 51.3 Å². The Morgan fingerprint density at radius 1 is 1.08 bits per heavy atom. The normalized spacial score (nSPS) is 24.5. The zero-order valence-corrected chi connectivity index (χ0v) is 22.8. The number of hydrogen-bond donors (Lipinski definition) is 3. The molecule has 1 aliphatic heterocycles. The first-order chi connectivity index (χ1) is 17.8. The lowest BCUT2D eigenvalue weighted by atomic mass is 10.1. The Labute approximate surface area is 223 Å². The molecule has 194 valence electrons. The number of rotatable bonds is 7. The number of hydrogen-bond acceptors (Lipinski definition) is 11. The van der Waals surface area contributed by atoms with Crippen LogP contribution in [0.2, 0.25) is 0 Å². The van der Waals surface area contributed by atoms with E-state index < -0.39 is 5.79 Å².